The fourth-order valence-corrected chi connectivity index (χ4v) is 9.40. The molecule has 4 fully saturated rings. The molecule has 0 heterocycles. The van der Waals surface area contributed by atoms with Crippen molar-refractivity contribution in [1.29, 1.82) is 0 Å². The number of hydrogen-bond donors (Lipinski definition) is 1. The number of terminal acetylenes is 1. The van der Waals surface area contributed by atoms with Gasteiger partial charge in [-0.15, -0.1) is 6.42 Å². The van der Waals surface area contributed by atoms with Gasteiger partial charge < -0.3 is 5.73 Å². The molecule has 2 heteroatoms. The summed E-state index contributed by atoms with van der Waals surface area (Å²) in [5.41, 5.74) is 7.38. The molecule has 0 radical (unpaired) electrons. The SMILES string of the molecule is C.C#C/C(C=NCCC1CCC(C)C2C3CCC4(C)CC(C)CCC4C3CCC12C)=C/N. The predicted molar refractivity (Wildman–Crippen MR) is 139 cm³/mol. The second-order valence-electron chi connectivity index (χ2n) is 12.4. The lowest BCUT2D eigenvalue weighted by molar-refractivity contribution is -0.150. The van der Waals surface area contributed by atoms with E-state index in [9.17, 15) is 0 Å². The monoisotopic (exact) mass is 438 g/mol. The lowest BCUT2D eigenvalue weighted by Gasteiger charge is -2.64. The lowest BCUT2D eigenvalue weighted by atomic mass is 9.41. The van der Waals surface area contributed by atoms with Crippen molar-refractivity contribution >= 4 is 6.21 Å². The Kier molecular flexibility index (Phi) is 7.89. The van der Waals surface area contributed by atoms with Crippen molar-refractivity contribution < 1.29 is 0 Å². The first-order valence-electron chi connectivity index (χ1n) is 13.2. The van der Waals surface area contributed by atoms with Crippen molar-refractivity contribution in [2.45, 2.75) is 99.3 Å². The van der Waals surface area contributed by atoms with Crippen LogP contribution in [0.4, 0.5) is 0 Å². The van der Waals surface area contributed by atoms with Crippen molar-refractivity contribution in [1.82, 2.24) is 0 Å². The van der Waals surface area contributed by atoms with Crippen LogP contribution < -0.4 is 5.73 Å². The maximum absolute atomic E-state index is 5.56. The van der Waals surface area contributed by atoms with Gasteiger partial charge in [-0.05, 0) is 104 Å². The van der Waals surface area contributed by atoms with E-state index in [-0.39, 0.29) is 7.43 Å². The Morgan fingerprint density at radius 3 is 2.53 bits per heavy atom. The van der Waals surface area contributed by atoms with Gasteiger partial charge in [0.25, 0.3) is 0 Å². The summed E-state index contributed by atoms with van der Waals surface area (Å²) in [6.07, 6.45) is 23.1. The third kappa shape index (κ3) is 4.43. The second kappa shape index (κ2) is 9.95. The lowest BCUT2D eigenvalue weighted by Crippen LogP contribution is -2.56. The molecule has 0 aromatic heterocycles. The molecule has 32 heavy (non-hydrogen) atoms. The van der Waals surface area contributed by atoms with Gasteiger partial charge in [0, 0.05) is 19.0 Å². The first-order chi connectivity index (χ1) is 14.8. The van der Waals surface area contributed by atoms with Gasteiger partial charge in [0.2, 0.25) is 0 Å². The van der Waals surface area contributed by atoms with Crippen molar-refractivity contribution in [2.24, 2.45) is 63.0 Å². The van der Waals surface area contributed by atoms with Gasteiger partial charge in [-0.25, -0.2) is 0 Å². The molecule has 0 aliphatic heterocycles. The minimum atomic E-state index is 0. The number of aliphatic imine (C=N–C) groups is 1. The topological polar surface area (TPSA) is 38.4 Å². The molecule has 0 bridgehead atoms. The Bertz CT molecular complexity index is 744. The Morgan fingerprint density at radius 2 is 1.81 bits per heavy atom. The molecule has 180 valence electrons. The zero-order valence-electron chi connectivity index (χ0n) is 20.6. The number of rotatable bonds is 4. The normalized spacial score (nSPS) is 46.3. The van der Waals surface area contributed by atoms with Gasteiger partial charge >= 0.3 is 0 Å². The molecule has 4 rings (SSSR count). The van der Waals surface area contributed by atoms with Crippen molar-refractivity contribution in [3.8, 4) is 12.3 Å². The summed E-state index contributed by atoms with van der Waals surface area (Å²) in [4.78, 5) is 4.63. The van der Waals surface area contributed by atoms with E-state index in [4.69, 9.17) is 12.2 Å². The predicted octanol–water partition coefficient (Wildman–Crippen LogP) is 7.49. The van der Waals surface area contributed by atoms with E-state index in [0.29, 0.717) is 16.4 Å². The van der Waals surface area contributed by atoms with Gasteiger partial charge in [-0.1, -0.05) is 53.9 Å². The Morgan fingerprint density at radius 1 is 1.06 bits per heavy atom. The van der Waals surface area contributed by atoms with E-state index in [0.717, 1.165) is 48.0 Å². The van der Waals surface area contributed by atoms with Crippen LogP contribution in [0, 0.1) is 64.6 Å². The van der Waals surface area contributed by atoms with Gasteiger partial charge in [0.15, 0.2) is 0 Å². The van der Waals surface area contributed by atoms with Crippen LogP contribution in [-0.2, 0) is 0 Å². The summed E-state index contributed by atoms with van der Waals surface area (Å²) in [6, 6.07) is 0. The molecule has 2 N–H and O–H groups in total. The van der Waals surface area contributed by atoms with E-state index in [1.807, 2.05) is 0 Å². The van der Waals surface area contributed by atoms with Gasteiger partial charge in [-0.3, -0.25) is 4.99 Å². The maximum Gasteiger partial charge on any atom is 0.0575 e. The summed E-state index contributed by atoms with van der Waals surface area (Å²) in [5, 5.41) is 0. The van der Waals surface area contributed by atoms with Gasteiger partial charge in [0.05, 0.1) is 5.57 Å². The molecule has 0 amide bonds. The molecular weight excluding hydrogens is 388 g/mol. The highest BCUT2D eigenvalue weighted by atomic mass is 14.7. The summed E-state index contributed by atoms with van der Waals surface area (Å²) in [5.74, 6) is 9.11. The van der Waals surface area contributed by atoms with Gasteiger partial charge in [-0.2, -0.15) is 0 Å². The molecule has 0 aromatic carbocycles. The van der Waals surface area contributed by atoms with E-state index in [2.05, 4.69) is 38.6 Å². The second-order valence-corrected chi connectivity index (χ2v) is 12.4. The largest absolute Gasteiger partial charge is 0.404 e. The molecule has 4 saturated carbocycles. The first kappa shape index (κ1) is 25.4. The van der Waals surface area contributed by atoms with Crippen LogP contribution in [0.3, 0.4) is 0 Å². The maximum atomic E-state index is 5.56. The summed E-state index contributed by atoms with van der Waals surface area (Å²) >= 11 is 0. The van der Waals surface area contributed by atoms with Crippen LogP contribution in [0.2, 0.25) is 0 Å². The van der Waals surface area contributed by atoms with Crippen molar-refractivity contribution in [3.63, 3.8) is 0 Å². The molecule has 4 aliphatic rings. The molecule has 0 aromatic rings. The Balaban J connectivity index is 0.00000289. The average Bonchev–Trinajstić information content (AvgIpc) is 2.74. The summed E-state index contributed by atoms with van der Waals surface area (Å²) in [6.45, 7) is 11.3. The smallest absolute Gasteiger partial charge is 0.0575 e. The van der Waals surface area contributed by atoms with Gasteiger partial charge in [0.1, 0.15) is 0 Å². The fourth-order valence-electron chi connectivity index (χ4n) is 9.40. The Labute approximate surface area is 199 Å². The molecule has 9 unspecified atom stereocenters. The highest BCUT2D eigenvalue weighted by Crippen LogP contribution is 2.67. The van der Waals surface area contributed by atoms with E-state index >= 15 is 0 Å². The Hall–Kier alpha value is -1.23. The molecule has 4 aliphatic carbocycles. The standard InChI is InChI=1S/C29H46N2.CH4/c1-6-22(18-30)19-31-16-13-23-9-8-21(3)27-25-11-14-28(4)17-20(2)7-10-26(28)24(25)12-15-29(23,27)5;/h1,18-21,23-27H,7-17,30H2,2-5H3;1H4/b22-18-,31-19?;. The number of allylic oxidation sites excluding steroid dienone is 1. The molecule has 0 spiro atoms. The third-order valence-corrected chi connectivity index (χ3v) is 10.7. The number of nitrogens with two attached hydrogens (primary N) is 1. The van der Waals surface area contributed by atoms with Crippen LogP contribution in [-0.4, -0.2) is 12.8 Å². The zero-order valence-corrected chi connectivity index (χ0v) is 20.6. The molecule has 9 atom stereocenters. The summed E-state index contributed by atoms with van der Waals surface area (Å²) < 4.78 is 0. The van der Waals surface area contributed by atoms with E-state index in [1.165, 1.54) is 70.4 Å². The van der Waals surface area contributed by atoms with E-state index < -0.39 is 0 Å². The van der Waals surface area contributed by atoms with E-state index in [1.54, 1.807) is 6.21 Å². The van der Waals surface area contributed by atoms with Crippen LogP contribution >= 0.6 is 0 Å². The number of hydrogen-bond acceptors (Lipinski definition) is 2. The highest BCUT2D eigenvalue weighted by Gasteiger charge is 2.58. The molecule has 0 saturated heterocycles. The van der Waals surface area contributed by atoms with Crippen LogP contribution in [0.15, 0.2) is 16.8 Å². The fraction of sp³-hybridized carbons (Fsp3) is 0.833. The van der Waals surface area contributed by atoms with Crippen LogP contribution in [0.5, 0.6) is 0 Å². The summed E-state index contributed by atoms with van der Waals surface area (Å²) in [7, 11) is 0. The van der Waals surface area contributed by atoms with Crippen molar-refractivity contribution in [3.05, 3.63) is 11.8 Å². The zero-order chi connectivity index (χ0) is 22.2. The highest BCUT2D eigenvalue weighted by molar-refractivity contribution is 5.84. The minimum absolute atomic E-state index is 0. The van der Waals surface area contributed by atoms with Crippen molar-refractivity contribution in [2.75, 3.05) is 6.54 Å². The van der Waals surface area contributed by atoms with Crippen LogP contribution in [0.25, 0.3) is 0 Å². The quantitative estimate of drug-likeness (QED) is 0.358. The van der Waals surface area contributed by atoms with Crippen LogP contribution in [0.1, 0.15) is 99.3 Å². The number of nitrogens with zero attached hydrogens (tertiary/aromatic N) is 1. The molecule has 2 nitrogen and oxygen atoms in total. The average molecular weight is 439 g/mol. The number of fused-ring (bicyclic) bond motifs is 5. The minimum Gasteiger partial charge on any atom is -0.404 e. The molecular formula is C30H50N2. The third-order valence-electron chi connectivity index (χ3n) is 10.7. The first-order valence-corrected chi connectivity index (χ1v) is 13.2.